The van der Waals surface area contributed by atoms with E-state index in [1.165, 1.54) is 0 Å². The molecule has 0 saturated carbocycles. The first-order valence-electron chi connectivity index (χ1n) is 8.23. The first-order chi connectivity index (χ1) is 12.1. The summed E-state index contributed by atoms with van der Waals surface area (Å²) in [4.78, 5) is 34.6. The van der Waals surface area contributed by atoms with Crippen molar-refractivity contribution in [2.45, 2.75) is 46.1 Å². The van der Waals surface area contributed by atoms with Gasteiger partial charge in [0.25, 0.3) is 5.91 Å². The van der Waals surface area contributed by atoms with Gasteiger partial charge < -0.3 is 14.8 Å². The lowest BCUT2D eigenvalue weighted by molar-refractivity contribution is -0.148. The molecule has 0 radical (unpaired) electrons. The molecule has 0 bridgehead atoms. The maximum absolute atomic E-state index is 11.6. The molecule has 0 fully saturated rings. The van der Waals surface area contributed by atoms with Gasteiger partial charge in [0.05, 0.1) is 6.61 Å². The maximum atomic E-state index is 11.6. The second kappa shape index (κ2) is 10.0. The summed E-state index contributed by atoms with van der Waals surface area (Å²) < 4.78 is 10.3. The van der Waals surface area contributed by atoms with Crippen molar-refractivity contribution >= 4 is 29.5 Å². The Balaban J connectivity index is 2.19. The molecule has 0 aliphatic heterocycles. The van der Waals surface area contributed by atoms with Crippen molar-refractivity contribution in [3.05, 3.63) is 28.8 Å². The molecule has 0 saturated heterocycles. The van der Waals surface area contributed by atoms with Gasteiger partial charge in [0.15, 0.2) is 6.61 Å². The fraction of sp³-hybridized carbons (Fsp3) is 0.500. The van der Waals surface area contributed by atoms with Gasteiger partial charge in [-0.3, -0.25) is 14.9 Å². The quantitative estimate of drug-likeness (QED) is 0.556. The molecule has 1 aromatic carbocycles. The van der Waals surface area contributed by atoms with Crippen molar-refractivity contribution in [2.24, 2.45) is 0 Å². The minimum absolute atomic E-state index is 0.105. The Morgan fingerprint density at radius 1 is 1.19 bits per heavy atom. The standard InChI is InChI=1S/C18H25ClN2O5/c1-12-10-13(7-8-14(12)19)25-9-5-6-16(23)26-11-15(22)20-17(24)21-18(2,3)4/h7-8,10H,5-6,9,11H2,1-4H3,(H2,20,21,22,24). The van der Waals surface area contributed by atoms with E-state index in [2.05, 4.69) is 10.6 Å². The molecule has 0 aliphatic rings. The third kappa shape index (κ3) is 9.27. The second-order valence-corrected chi connectivity index (χ2v) is 7.18. The first-order valence-corrected chi connectivity index (χ1v) is 8.61. The van der Waals surface area contributed by atoms with Crippen molar-refractivity contribution < 1.29 is 23.9 Å². The highest BCUT2D eigenvalue weighted by Gasteiger charge is 2.16. The summed E-state index contributed by atoms with van der Waals surface area (Å²) >= 11 is 5.93. The van der Waals surface area contributed by atoms with Crippen molar-refractivity contribution in [3.8, 4) is 5.75 Å². The number of urea groups is 1. The number of carbonyl (C=O) groups is 3. The number of benzene rings is 1. The summed E-state index contributed by atoms with van der Waals surface area (Å²) in [6.07, 6.45) is 0.542. The Bertz CT molecular complexity index is 655. The molecule has 0 spiro atoms. The average Bonchev–Trinajstić information content (AvgIpc) is 2.51. The Morgan fingerprint density at radius 2 is 1.88 bits per heavy atom. The Labute approximate surface area is 158 Å². The van der Waals surface area contributed by atoms with Crippen LogP contribution in [0.4, 0.5) is 4.79 Å². The van der Waals surface area contributed by atoms with Crippen LogP contribution in [0.5, 0.6) is 5.75 Å². The lowest BCUT2D eigenvalue weighted by atomic mass is 10.1. The number of hydrogen-bond acceptors (Lipinski definition) is 5. The van der Waals surface area contributed by atoms with Crippen molar-refractivity contribution in [3.63, 3.8) is 0 Å². The highest BCUT2D eigenvalue weighted by molar-refractivity contribution is 6.31. The highest BCUT2D eigenvalue weighted by atomic mass is 35.5. The summed E-state index contributed by atoms with van der Waals surface area (Å²) in [6.45, 7) is 7.04. The van der Waals surface area contributed by atoms with Gasteiger partial charge in [-0.15, -0.1) is 0 Å². The van der Waals surface area contributed by atoms with E-state index in [0.717, 1.165) is 5.56 Å². The van der Waals surface area contributed by atoms with Crippen molar-refractivity contribution in [1.29, 1.82) is 0 Å². The van der Waals surface area contributed by atoms with Gasteiger partial charge in [-0.1, -0.05) is 11.6 Å². The number of nitrogens with one attached hydrogen (secondary N) is 2. The molecule has 0 aliphatic carbocycles. The van der Waals surface area contributed by atoms with Crippen LogP contribution in [0.3, 0.4) is 0 Å². The molecule has 1 aromatic rings. The van der Waals surface area contributed by atoms with Gasteiger partial charge in [0, 0.05) is 17.0 Å². The molecule has 0 atom stereocenters. The fourth-order valence-electron chi connectivity index (χ4n) is 1.87. The van der Waals surface area contributed by atoms with E-state index in [0.29, 0.717) is 23.8 Å². The van der Waals surface area contributed by atoms with Crippen LogP contribution in [0, 0.1) is 6.92 Å². The average molecular weight is 385 g/mol. The number of halogens is 1. The molecule has 144 valence electrons. The molecule has 26 heavy (non-hydrogen) atoms. The third-order valence-corrected chi connectivity index (χ3v) is 3.45. The van der Waals surface area contributed by atoms with Gasteiger partial charge in [0.2, 0.25) is 0 Å². The predicted molar refractivity (Wildman–Crippen MR) is 98.3 cm³/mol. The maximum Gasteiger partial charge on any atom is 0.321 e. The van der Waals surface area contributed by atoms with Gasteiger partial charge in [-0.2, -0.15) is 0 Å². The van der Waals surface area contributed by atoms with Crippen LogP contribution in [0.25, 0.3) is 0 Å². The van der Waals surface area contributed by atoms with E-state index in [1.807, 2.05) is 13.0 Å². The molecule has 7 nitrogen and oxygen atoms in total. The van der Waals surface area contributed by atoms with Gasteiger partial charge in [-0.05, 0) is 57.9 Å². The predicted octanol–water partition coefficient (Wildman–Crippen LogP) is 2.97. The van der Waals surface area contributed by atoms with E-state index in [1.54, 1.807) is 32.9 Å². The summed E-state index contributed by atoms with van der Waals surface area (Å²) in [6, 6.07) is 4.67. The summed E-state index contributed by atoms with van der Waals surface area (Å²) in [7, 11) is 0. The SMILES string of the molecule is Cc1cc(OCCCC(=O)OCC(=O)NC(=O)NC(C)(C)C)ccc1Cl. The van der Waals surface area contributed by atoms with Crippen molar-refractivity contribution in [2.75, 3.05) is 13.2 Å². The van der Waals surface area contributed by atoms with E-state index in [4.69, 9.17) is 21.1 Å². The summed E-state index contributed by atoms with van der Waals surface area (Å²) in [5, 5.41) is 5.32. The lowest BCUT2D eigenvalue weighted by Gasteiger charge is -2.20. The minimum atomic E-state index is -0.687. The van der Waals surface area contributed by atoms with Crippen LogP contribution in [-0.2, 0) is 14.3 Å². The molecule has 8 heteroatoms. The van der Waals surface area contributed by atoms with Crippen LogP contribution >= 0.6 is 11.6 Å². The van der Waals surface area contributed by atoms with Gasteiger partial charge in [-0.25, -0.2) is 4.79 Å². The van der Waals surface area contributed by atoms with Crippen LogP contribution in [0.1, 0.15) is 39.2 Å². The van der Waals surface area contributed by atoms with Gasteiger partial charge >= 0.3 is 12.0 Å². The molecule has 1 rings (SSSR count). The molecule has 2 N–H and O–H groups in total. The number of carbonyl (C=O) groups excluding carboxylic acids is 3. The zero-order valence-electron chi connectivity index (χ0n) is 15.5. The van der Waals surface area contributed by atoms with Crippen LogP contribution in [0.2, 0.25) is 5.02 Å². The molecular formula is C18H25ClN2O5. The number of rotatable bonds is 7. The Hall–Kier alpha value is -2.28. The topological polar surface area (TPSA) is 93.7 Å². The molecule has 0 heterocycles. The molecule has 3 amide bonds. The monoisotopic (exact) mass is 384 g/mol. The number of ether oxygens (including phenoxy) is 2. The molecule has 0 unspecified atom stereocenters. The van der Waals surface area contributed by atoms with Crippen LogP contribution < -0.4 is 15.4 Å². The largest absolute Gasteiger partial charge is 0.494 e. The van der Waals surface area contributed by atoms with Crippen molar-refractivity contribution in [1.82, 2.24) is 10.6 Å². The number of imide groups is 1. The van der Waals surface area contributed by atoms with E-state index >= 15 is 0 Å². The Kier molecular flexibility index (Phi) is 8.38. The van der Waals surface area contributed by atoms with E-state index < -0.39 is 30.1 Å². The molecule has 0 aromatic heterocycles. The minimum Gasteiger partial charge on any atom is -0.494 e. The van der Waals surface area contributed by atoms with Gasteiger partial charge in [0.1, 0.15) is 5.75 Å². The van der Waals surface area contributed by atoms with Crippen LogP contribution in [-0.4, -0.2) is 36.7 Å². The van der Waals surface area contributed by atoms with Crippen LogP contribution in [0.15, 0.2) is 18.2 Å². The number of hydrogen-bond donors (Lipinski definition) is 2. The zero-order chi connectivity index (χ0) is 19.7. The molecular weight excluding hydrogens is 360 g/mol. The second-order valence-electron chi connectivity index (χ2n) is 6.78. The third-order valence-electron chi connectivity index (χ3n) is 3.03. The summed E-state index contributed by atoms with van der Waals surface area (Å²) in [5.74, 6) is -0.551. The first kappa shape index (κ1) is 21.8. The number of aryl methyl sites for hydroxylation is 1. The number of esters is 1. The summed E-state index contributed by atoms with van der Waals surface area (Å²) in [5.41, 5.74) is 0.439. The normalized spacial score (nSPS) is 10.8. The smallest absolute Gasteiger partial charge is 0.321 e. The Morgan fingerprint density at radius 3 is 2.50 bits per heavy atom. The number of amides is 3. The van der Waals surface area contributed by atoms with E-state index in [-0.39, 0.29) is 6.42 Å². The highest BCUT2D eigenvalue weighted by Crippen LogP contribution is 2.21. The zero-order valence-corrected chi connectivity index (χ0v) is 16.2. The fourth-order valence-corrected chi connectivity index (χ4v) is 1.98. The lowest BCUT2D eigenvalue weighted by Crippen LogP contribution is -2.49. The van der Waals surface area contributed by atoms with E-state index in [9.17, 15) is 14.4 Å².